The Morgan fingerprint density at radius 2 is 0.780 bits per heavy atom. The SMILES string of the molecule is O=C(c1ccccc1)C(O)c1ccccc1.O=C(c1ccccc1)C(O)c1ccccc1.O=COc1ccccc1. The summed E-state index contributed by atoms with van der Waals surface area (Å²) < 4.78 is 4.53. The molecule has 0 spiro atoms. The number of Topliss-reactive ketones (excluding diaryl/α,β-unsaturated/α-hetero) is 2. The fourth-order valence-electron chi connectivity index (χ4n) is 3.65. The topological polar surface area (TPSA) is 101 Å². The summed E-state index contributed by atoms with van der Waals surface area (Å²) in [5.41, 5.74) is 2.30. The molecule has 2 atom stereocenters. The van der Waals surface area contributed by atoms with Crippen molar-refractivity contribution in [2.45, 2.75) is 12.2 Å². The van der Waals surface area contributed by atoms with Gasteiger partial charge in [-0.25, -0.2) is 0 Å². The van der Waals surface area contributed by atoms with Crippen LogP contribution in [0.3, 0.4) is 0 Å². The zero-order chi connectivity index (χ0) is 29.3. The summed E-state index contributed by atoms with van der Waals surface area (Å²) in [5, 5.41) is 19.8. The van der Waals surface area contributed by atoms with Crippen molar-refractivity contribution in [3.63, 3.8) is 0 Å². The number of rotatable bonds is 8. The van der Waals surface area contributed by atoms with Crippen molar-refractivity contribution in [1.82, 2.24) is 0 Å². The van der Waals surface area contributed by atoms with Crippen molar-refractivity contribution < 1.29 is 29.3 Å². The van der Waals surface area contributed by atoms with Gasteiger partial charge in [0.2, 0.25) is 0 Å². The summed E-state index contributed by atoms with van der Waals surface area (Å²) in [4.78, 5) is 33.5. The fraction of sp³-hybridized carbons (Fsp3) is 0.0571. The van der Waals surface area contributed by atoms with Crippen molar-refractivity contribution in [2.24, 2.45) is 0 Å². The van der Waals surface area contributed by atoms with Crippen LogP contribution >= 0.6 is 0 Å². The molecule has 6 heteroatoms. The Morgan fingerprint density at radius 3 is 1.10 bits per heavy atom. The highest BCUT2D eigenvalue weighted by Crippen LogP contribution is 2.18. The van der Waals surface area contributed by atoms with Crippen molar-refractivity contribution in [3.05, 3.63) is 174 Å². The molecule has 2 N–H and O–H groups in total. The van der Waals surface area contributed by atoms with Gasteiger partial charge in [-0.15, -0.1) is 0 Å². The number of hydrogen-bond donors (Lipinski definition) is 2. The zero-order valence-electron chi connectivity index (χ0n) is 22.2. The van der Waals surface area contributed by atoms with Crippen LogP contribution in [0.1, 0.15) is 44.1 Å². The molecule has 0 amide bonds. The first-order valence-corrected chi connectivity index (χ1v) is 12.8. The Labute approximate surface area is 239 Å². The molecule has 0 heterocycles. The number of aliphatic hydroxyl groups is 2. The van der Waals surface area contributed by atoms with E-state index in [0.717, 1.165) is 0 Å². The van der Waals surface area contributed by atoms with E-state index in [4.69, 9.17) is 0 Å². The third-order valence-electron chi connectivity index (χ3n) is 5.77. The van der Waals surface area contributed by atoms with Gasteiger partial charge in [0.05, 0.1) is 0 Å². The van der Waals surface area contributed by atoms with Gasteiger partial charge in [-0.05, 0) is 23.3 Å². The van der Waals surface area contributed by atoms with Crippen molar-refractivity contribution >= 4 is 18.0 Å². The summed E-state index contributed by atoms with van der Waals surface area (Å²) in [7, 11) is 0. The highest BCUT2D eigenvalue weighted by Gasteiger charge is 2.19. The molecule has 6 nitrogen and oxygen atoms in total. The quantitative estimate of drug-likeness (QED) is 0.172. The van der Waals surface area contributed by atoms with E-state index in [1.54, 1.807) is 121 Å². The lowest BCUT2D eigenvalue weighted by Gasteiger charge is -2.09. The smallest absolute Gasteiger partial charge is 0.298 e. The van der Waals surface area contributed by atoms with Gasteiger partial charge in [0, 0.05) is 11.1 Å². The first-order valence-electron chi connectivity index (χ1n) is 12.8. The lowest BCUT2D eigenvalue weighted by Crippen LogP contribution is -2.11. The molecular formula is C35H30O6. The third kappa shape index (κ3) is 9.82. The highest BCUT2D eigenvalue weighted by atomic mass is 16.5. The van der Waals surface area contributed by atoms with Gasteiger partial charge < -0.3 is 14.9 Å². The molecule has 0 aliphatic carbocycles. The van der Waals surface area contributed by atoms with Crippen molar-refractivity contribution in [1.29, 1.82) is 0 Å². The zero-order valence-corrected chi connectivity index (χ0v) is 22.2. The molecule has 0 bridgehead atoms. The van der Waals surface area contributed by atoms with E-state index < -0.39 is 12.2 Å². The van der Waals surface area contributed by atoms with Crippen molar-refractivity contribution in [3.8, 4) is 5.75 Å². The summed E-state index contributed by atoms with van der Waals surface area (Å²) >= 11 is 0. The van der Waals surface area contributed by atoms with Gasteiger partial charge in [-0.2, -0.15) is 0 Å². The van der Waals surface area contributed by atoms with Crippen LogP contribution in [0.2, 0.25) is 0 Å². The van der Waals surface area contributed by atoms with Gasteiger partial charge in [-0.1, -0.05) is 140 Å². The number of benzene rings is 5. The molecular weight excluding hydrogens is 516 g/mol. The van der Waals surface area contributed by atoms with Crippen LogP contribution in [-0.4, -0.2) is 28.3 Å². The fourth-order valence-corrected chi connectivity index (χ4v) is 3.65. The molecule has 2 unspecified atom stereocenters. The predicted molar refractivity (Wildman–Crippen MR) is 157 cm³/mol. The maximum Gasteiger partial charge on any atom is 0.298 e. The van der Waals surface area contributed by atoms with Crippen LogP contribution in [0.15, 0.2) is 152 Å². The second-order valence-electron chi connectivity index (χ2n) is 8.61. The number of ketones is 2. The lowest BCUT2D eigenvalue weighted by atomic mass is 10.0. The van der Waals surface area contributed by atoms with E-state index in [1.165, 1.54) is 0 Å². The van der Waals surface area contributed by atoms with Gasteiger partial charge >= 0.3 is 0 Å². The Hall–Kier alpha value is -5.17. The molecule has 0 radical (unpaired) electrons. The molecule has 0 aromatic heterocycles. The monoisotopic (exact) mass is 546 g/mol. The predicted octanol–water partition coefficient (Wildman–Crippen LogP) is 6.43. The van der Waals surface area contributed by atoms with E-state index in [9.17, 15) is 24.6 Å². The molecule has 5 aromatic carbocycles. The first-order chi connectivity index (χ1) is 20.0. The van der Waals surface area contributed by atoms with Gasteiger partial charge in [0.15, 0.2) is 11.6 Å². The van der Waals surface area contributed by atoms with E-state index in [-0.39, 0.29) is 11.6 Å². The molecule has 0 saturated carbocycles. The number of hydrogen-bond acceptors (Lipinski definition) is 6. The van der Waals surface area contributed by atoms with Crippen LogP contribution < -0.4 is 4.74 Å². The van der Waals surface area contributed by atoms with Crippen LogP contribution in [0.5, 0.6) is 5.75 Å². The van der Waals surface area contributed by atoms with Crippen LogP contribution in [0, 0.1) is 0 Å². The first kappa shape index (κ1) is 30.4. The molecule has 0 aliphatic heterocycles. The molecule has 0 fully saturated rings. The summed E-state index contributed by atoms with van der Waals surface area (Å²) in [6.07, 6.45) is -2.16. The molecule has 0 aliphatic rings. The number of aliphatic hydroxyl groups excluding tert-OH is 2. The van der Waals surface area contributed by atoms with E-state index >= 15 is 0 Å². The van der Waals surface area contributed by atoms with Gasteiger partial charge in [0.1, 0.15) is 18.0 Å². The highest BCUT2D eigenvalue weighted by molar-refractivity contribution is 6.00. The standard InChI is InChI=1S/2C14H12O2.C7H6O2/c2*15-13(11-7-3-1-4-8-11)14(16)12-9-5-2-6-10-12;8-6-9-7-4-2-1-3-5-7/h2*1-10,13,15H;1-6H. The molecule has 206 valence electrons. The molecule has 0 saturated heterocycles. The number of carbonyl (C=O) groups is 3. The summed E-state index contributed by atoms with van der Waals surface area (Å²) in [6.45, 7) is 0.412. The Kier molecular flexibility index (Phi) is 12.4. The molecule has 5 rings (SSSR count). The Balaban J connectivity index is 0.000000176. The molecule has 41 heavy (non-hydrogen) atoms. The lowest BCUT2D eigenvalue weighted by molar-refractivity contribution is -0.120. The summed E-state index contributed by atoms with van der Waals surface area (Å²) in [5.74, 6) is 0.0334. The second-order valence-corrected chi connectivity index (χ2v) is 8.61. The minimum absolute atomic E-state index is 0.271. The van der Waals surface area contributed by atoms with E-state index in [2.05, 4.69) is 4.74 Å². The number of carbonyl (C=O) groups excluding carboxylic acids is 3. The normalized spacial score (nSPS) is 11.3. The summed E-state index contributed by atoms with van der Waals surface area (Å²) in [6, 6.07) is 44.4. The third-order valence-corrected chi connectivity index (χ3v) is 5.77. The maximum absolute atomic E-state index is 11.9. The maximum atomic E-state index is 11.9. The largest absolute Gasteiger partial charge is 0.429 e. The van der Waals surface area contributed by atoms with Crippen LogP contribution in [-0.2, 0) is 4.79 Å². The van der Waals surface area contributed by atoms with Gasteiger partial charge in [-0.3, -0.25) is 14.4 Å². The number of ether oxygens (including phenoxy) is 1. The average Bonchev–Trinajstić information content (AvgIpc) is 3.06. The molecule has 5 aromatic rings. The van der Waals surface area contributed by atoms with Crippen molar-refractivity contribution in [2.75, 3.05) is 0 Å². The van der Waals surface area contributed by atoms with E-state index in [1.807, 2.05) is 30.3 Å². The minimum Gasteiger partial charge on any atom is -0.429 e. The minimum atomic E-state index is -1.08. The Morgan fingerprint density at radius 1 is 0.488 bits per heavy atom. The second kappa shape index (κ2) is 16.7. The van der Waals surface area contributed by atoms with E-state index in [0.29, 0.717) is 34.5 Å². The Bertz CT molecular complexity index is 1370. The average molecular weight is 547 g/mol. The van der Waals surface area contributed by atoms with Gasteiger partial charge in [0.25, 0.3) is 6.47 Å². The number of para-hydroxylation sites is 1. The van der Waals surface area contributed by atoms with Crippen LogP contribution in [0.4, 0.5) is 0 Å². The van der Waals surface area contributed by atoms with Crippen LogP contribution in [0.25, 0.3) is 0 Å².